The Morgan fingerprint density at radius 3 is 2.51 bits per heavy atom. The first-order valence-electron chi connectivity index (χ1n) is 13.4. The molecular weight excluding hydrogens is 522 g/mol. The summed E-state index contributed by atoms with van der Waals surface area (Å²) in [6.07, 6.45) is 0.686. The van der Waals surface area contributed by atoms with Crippen LogP contribution in [0.3, 0.4) is 0 Å². The van der Waals surface area contributed by atoms with Crippen LogP contribution in [0.25, 0.3) is 0 Å². The van der Waals surface area contributed by atoms with Crippen molar-refractivity contribution in [1.82, 2.24) is 5.32 Å². The number of aliphatic hydroxyl groups is 4. The topological polar surface area (TPSA) is 177 Å². The van der Waals surface area contributed by atoms with Crippen LogP contribution in [0.2, 0.25) is 0 Å². The molecule has 8 N–H and O–H groups in total. The van der Waals surface area contributed by atoms with Crippen molar-refractivity contribution in [2.24, 2.45) is 23.5 Å². The van der Waals surface area contributed by atoms with Crippen molar-refractivity contribution < 1.29 is 35.1 Å². The third-order valence-electron chi connectivity index (χ3n) is 8.78. The van der Waals surface area contributed by atoms with Gasteiger partial charge in [-0.1, -0.05) is 0 Å². The molecule has 0 radical (unpaired) electrons. The Morgan fingerprint density at radius 2 is 1.87 bits per heavy atom. The zero-order valence-corrected chi connectivity index (χ0v) is 23.1. The molecule has 1 fully saturated rings. The van der Waals surface area contributed by atoms with Crippen molar-refractivity contribution in [2.45, 2.75) is 50.5 Å². The van der Waals surface area contributed by atoms with Gasteiger partial charge in [-0.15, -0.1) is 0 Å². The minimum Gasteiger partial charge on any atom is -0.512 e. The van der Waals surface area contributed by atoms with Crippen LogP contribution in [0.1, 0.15) is 47.2 Å². The lowest BCUT2D eigenvalue weighted by Gasteiger charge is -2.46. The lowest BCUT2D eigenvalue weighted by Crippen LogP contribution is -2.57. The number of Topliss-reactive ketones (excluding diaryl/α,β-unsaturated/α-hetero) is 2. The highest BCUT2D eigenvalue weighted by Gasteiger charge is 2.59. The summed E-state index contributed by atoms with van der Waals surface area (Å²) in [5.74, 6) is -1.74. The number of carbonyl (C=O) groups excluding carboxylic acids is 2. The molecule has 212 valence electrons. The lowest BCUT2D eigenvalue weighted by atomic mass is 9.60. The maximum atomic E-state index is 14.0. The van der Waals surface area contributed by atoms with E-state index in [9.17, 15) is 35.1 Å². The van der Waals surface area contributed by atoms with Crippen molar-refractivity contribution in [1.29, 1.82) is 0 Å². The number of rotatable bonds is 6. The number of anilines is 1. The standard InChI is InChI=1S/C28H37N3O7S/c1-31(2)18-9-15(12-30-11-13-3-5-39-6-4-13)23(33)21-17(18)8-14-7-16-10-19(32)22(27(29)37)26(36)28(16,38)25(35)20(14)24(21)34/h9,13-14,16,27,30,32-33,35,37-38H,3-8,10-12,29H2,1-2H3/t14-,16+,27?,28+/m1/s1. The fraction of sp³-hybridized carbons (Fsp3) is 0.571. The highest BCUT2D eigenvalue weighted by atomic mass is 32.2. The molecular formula is C28H37N3O7S. The zero-order chi connectivity index (χ0) is 28.2. The minimum absolute atomic E-state index is 0.0626. The molecule has 1 aromatic rings. The van der Waals surface area contributed by atoms with Crippen molar-refractivity contribution in [3.05, 3.63) is 45.4 Å². The number of ketones is 2. The van der Waals surface area contributed by atoms with Gasteiger partial charge >= 0.3 is 0 Å². The first-order valence-corrected chi connectivity index (χ1v) is 14.6. The Labute approximate surface area is 231 Å². The molecule has 1 heterocycles. The second-order valence-electron chi connectivity index (χ2n) is 11.4. The number of phenols is 1. The van der Waals surface area contributed by atoms with E-state index >= 15 is 0 Å². The summed E-state index contributed by atoms with van der Waals surface area (Å²) in [6, 6.07) is 1.88. The molecule has 1 saturated heterocycles. The number of nitrogens with two attached hydrogens (primary N) is 1. The van der Waals surface area contributed by atoms with E-state index in [0.29, 0.717) is 30.0 Å². The molecule has 10 nitrogen and oxygen atoms in total. The Bertz CT molecular complexity index is 1270. The molecule has 0 bridgehead atoms. The Hall–Kier alpha value is -2.57. The van der Waals surface area contributed by atoms with Gasteiger partial charge in [0, 0.05) is 49.8 Å². The van der Waals surface area contributed by atoms with Gasteiger partial charge in [-0.05, 0) is 67.2 Å². The van der Waals surface area contributed by atoms with Crippen molar-refractivity contribution in [3.63, 3.8) is 0 Å². The van der Waals surface area contributed by atoms with E-state index in [0.717, 1.165) is 36.6 Å². The van der Waals surface area contributed by atoms with E-state index < -0.39 is 52.3 Å². The second-order valence-corrected chi connectivity index (χ2v) is 12.6. The number of nitrogens with zero attached hydrogens (tertiary/aromatic N) is 1. The fourth-order valence-electron chi connectivity index (χ4n) is 6.69. The van der Waals surface area contributed by atoms with E-state index in [4.69, 9.17) is 5.73 Å². The highest BCUT2D eigenvalue weighted by molar-refractivity contribution is 7.99. The Morgan fingerprint density at radius 1 is 1.18 bits per heavy atom. The fourth-order valence-corrected chi connectivity index (χ4v) is 7.89. The molecule has 1 unspecified atom stereocenters. The van der Waals surface area contributed by atoms with Crippen molar-refractivity contribution >= 4 is 29.0 Å². The third kappa shape index (κ3) is 4.54. The summed E-state index contributed by atoms with van der Waals surface area (Å²) in [5.41, 5.74) is 4.30. The number of phenolic OH excluding ortho intramolecular Hbond substituents is 1. The second kappa shape index (κ2) is 10.4. The van der Waals surface area contributed by atoms with Gasteiger partial charge in [0.05, 0.1) is 11.1 Å². The van der Waals surface area contributed by atoms with Crippen LogP contribution in [0.4, 0.5) is 5.69 Å². The van der Waals surface area contributed by atoms with Gasteiger partial charge in [0.15, 0.2) is 11.4 Å². The first kappa shape index (κ1) is 28.0. The van der Waals surface area contributed by atoms with E-state index in [1.54, 1.807) is 0 Å². The summed E-state index contributed by atoms with van der Waals surface area (Å²) < 4.78 is 0. The minimum atomic E-state index is -2.50. The number of thioether (sulfide) groups is 1. The number of nitrogens with one attached hydrogen (secondary N) is 1. The molecule has 11 heteroatoms. The van der Waals surface area contributed by atoms with Crippen LogP contribution in [0, 0.1) is 17.8 Å². The van der Waals surface area contributed by atoms with Gasteiger partial charge < -0.3 is 41.5 Å². The molecule has 4 atom stereocenters. The van der Waals surface area contributed by atoms with Crippen LogP contribution in [-0.4, -0.2) is 81.1 Å². The number of hydrogen-bond acceptors (Lipinski definition) is 11. The number of aliphatic hydroxyl groups excluding tert-OH is 3. The molecule has 0 spiro atoms. The summed E-state index contributed by atoms with van der Waals surface area (Å²) in [4.78, 5) is 29.0. The Kier molecular flexibility index (Phi) is 7.49. The van der Waals surface area contributed by atoms with E-state index in [-0.39, 0.29) is 29.7 Å². The average molecular weight is 560 g/mol. The quantitative estimate of drug-likeness (QED) is 0.252. The van der Waals surface area contributed by atoms with Gasteiger partial charge in [0.1, 0.15) is 23.5 Å². The van der Waals surface area contributed by atoms with Crippen LogP contribution in [0.15, 0.2) is 28.7 Å². The van der Waals surface area contributed by atoms with Crippen LogP contribution >= 0.6 is 11.8 Å². The number of aromatic hydroxyl groups is 1. The molecule has 3 aliphatic carbocycles. The van der Waals surface area contributed by atoms with Gasteiger partial charge in [-0.2, -0.15) is 11.8 Å². The predicted octanol–water partition coefficient (Wildman–Crippen LogP) is 1.67. The number of carbonyl (C=O) groups is 2. The third-order valence-corrected chi connectivity index (χ3v) is 9.83. The molecule has 5 rings (SSSR count). The molecule has 0 aromatic heterocycles. The average Bonchev–Trinajstić information content (AvgIpc) is 2.87. The molecule has 0 saturated carbocycles. The molecule has 1 aliphatic heterocycles. The predicted molar refractivity (Wildman–Crippen MR) is 148 cm³/mol. The molecule has 0 amide bonds. The smallest absolute Gasteiger partial charge is 0.205 e. The molecule has 39 heavy (non-hydrogen) atoms. The van der Waals surface area contributed by atoms with Crippen LogP contribution < -0.4 is 16.0 Å². The summed E-state index contributed by atoms with van der Waals surface area (Å²) in [5, 5.41) is 57.7. The van der Waals surface area contributed by atoms with Crippen molar-refractivity contribution in [3.8, 4) is 5.75 Å². The molecule has 4 aliphatic rings. The SMILES string of the molecule is CN(C)c1cc(CNCC2CCSCC2)c(O)c2c1C[C@H]1C[C@H]3CC(O)=C(C(N)O)C(=O)[C@@]3(O)C(O)=C1C2=O. The lowest BCUT2D eigenvalue weighted by molar-refractivity contribution is -0.144. The Balaban J connectivity index is 1.53. The van der Waals surface area contributed by atoms with Gasteiger partial charge in [-0.25, -0.2) is 0 Å². The van der Waals surface area contributed by atoms with E-state index in [1.807, 2.05) is 36.8 Å². The van der Waals surface area contributed by atoms with Gasteiger partial charge in [0.2, 0.25) is 5.78 Å². The summed E-state index contributed by atoms with van der Waals surface area (Å²) in [6.45, 7) is 1.17. The maximum Gasteiger partial charge on any atom is 0.205 e. The highest BCUT2D eigenvalue weighted by Crippen LogP contribution is 2.52. The zero-order valence-electron chi connectivity index (χ0n) is 22.2. The van der Waals surface area contributed by atoms with Gasteiger partial charge in [0.25, 0.3) is 0 Å². The molecule has 1 aromatic carbocycles. The largest absolute Gasteiger partial charge is 0.512 e. The summed E-state index contributed by atoms with van der Waals surface area (Å²) in [7, 11) is 3.72. The van der Waals surface area contributed by atoms with Crippen LogP contribution in [-0.2, 0) is 17.8 Å². The number of hydrogen-bond donors (Lipinski definition) is 7. The van der Waals surface area contributed by atoms with E-state index in [2.05, 4.69) is 5.32 Å². The number of allylic oxidation sites excluding steroid dienone is 2. The normalized spacial score (nSPS) is 28.2. The van der Waals surface area contributed by atoms with Gasteiger partial charge in [-0.3, -0.25) is 9.59 Å². The van der Waals surface area contributed by atoms with Crippen LogP contribution in [0.5, 0.6) is 5.75 Å². The number of fused-ring (bicyclic) bond motifs is 3. The monoisotopic (exact) mass is 559 g/mol. The van der Waals surface area contributed by atoms with E-state index in [1.165, 1.54) is 0 Å². The van der Waals surface area contributed by atoms with Crippen molar-refractivity contribution in [2.75, 3.05) is 37.0 Å². The first-order chi connectivity index (χ1) is 18.5. The number of benzene rings is 1. The summed E-state index contributed by atoms with van der Waals surface area (Å²) >= 11 is 1.96. The maximum absolute atomic E-state index is 14.0.